The summed E-state index contributed by atoms with van der Waals surface area (Å²) in [4.78, 5) is 2.41. The molecule has 0 amide bonds. The zero-order valence-corrected chi connectivity index (χ0v) is 11.8. The van der Waals surface area contributed by atoms with E-state index in [1.54, 1.807) is 0 Å². The molecule has 0 aromatic heterocycles. The summed E-state index contributed by atoms with van der Waals surface area (Å²) in [5.74, 6) is 0.466. The van der Waals surface area contributed by atoms with Gasteiger partial charge in [-0.15, -0.1) is 0 Å². The summed E-state index contributed by atoms with van der Waals surface area (Å²) in [6, 6.07) is 10.3. The van der Waals surface area contributed by atoms with E-state index in [0.29, 0.717) is 12.5 Å². The van der Waals surface area contributed by atoms with Gasteiger partial charge in [-0.25, -0.2) is 0 Å². The first-order valence-electron chi connectivity index (χ1n) is 7.17. The Hall–Kier alpha value is -0.900. The lowest BCUT2D eigenvalue weighted by atomic mass is 9.82. The van der Waals surface area contributed by atoms with Gasteiger partial charge in [0, 0.05) is 18.6 Å². The maximum absolute atomic E-state index is 9.80. The molecule has 1 atom stereocenters. The molecule has 2 rings (SSSR count). The minimum Gasteiger partial charge on any atom is -0.396 e. The van der Waals surface area contributed by atoms with Gasteiger partial charge in [-0.3, -0.25) is 0 Å². The molecule has 19 heavy (non-hydrogen) atoms. The van der Waals surface area contributed by atoms with E-state index >= 15 is 0 Å². The molecule has 3 heteroatoms. The van der Waals surface area contributed by atoms with Crippen LogP contribution in [0.5, 0.6) is 0 Å². The molecule has 0 saturated carbocycles. The van der Waals surface area contributed by atoms with Crippen LogP contribution in [0.3, 0.4) is 0 Å². The zero-order chi connectivity index (χ0) is 13.7. The summed E-state index contributed by atoms with van der Waals surface area (Å²) >= 11 is 0. The Labute approximate surface area is 115 Å². The van der Waals surface area contributed by atoms with Crippen LogP contribution in [-0.2, 0) is 5.41 Å². The molecule has 2 N–H and O–H groups in total. The Kier molecular flexibility index (Phi) is 4.97. The molecular formula is C16H25NO2. The highest BCUT2D eigenvalue weighted by Gasteiger charge is 2.30. The summed E-state index contributed by atoms with van der Waals surface area (Å²) in [5.41, 5.74) is 0.995. The molecule has 1 heterocycles. The smallest absolute Gasteiger partial charge is 0.0537 e. The second kappa shape index (κ2) is 6.51. The van der Waals surface area contributed by atoms with Gasteiger partial charge in [-0.2, -0.15) is 0 Å². The van der Waals surface area contributed by atoms with Crippen LogP contribution in [-0.4, -0.2) is 48.0 Å². The van der Waals surface area contributed by atoms with Gasteiger partial charge < -0.3 is 15.1 Å². The van der Waals surface area contributed by atoms with Crippen molar-refractivity contribution in [2.75, 3.05) is 32.8 Å². The van der Waals surface area contributed by atoms with Crippen molar-refractivity contribution < 1.29 is 10.2 Å². The van der Waals surface area contributed by atoms with E-state index in [1.807, 2.05) is 18.2 Å². The van der Waals surface area contributed by atoms with E-state index in [9.17, 15) is 10.2 Å². The Morgan fingerprint density at radius 2 is 1.79 bits per heavy atom. The summed E-state index contributed by atoms with van der Waals surface area (Å²) in [7, 11) is 0. The van der Waals surface area contributed by atoms with Crippen molar-refractivity contribution in [1.29, 1.82) is 0 Å². The minimum atomic E-state index is -0.201. The van der Waals surface area contributed by atoms with E-state index < -0.39 is 0 Å². The lowest BCUT2D eigenvalue weighted by Crippen LogP contribution is -2.45. The first-order valence-corrected chi connectivity index (χ1v) is 7.17. The average Bonchev–Trinajstić information content (AvgIpc) is 2.49. The highest BCUT2D eigenvalue weighted by atomic mass is 16.3. The van der Waals surface area contributed by atoms with Crippen LogP contribution in [0.25, 0.3) is 0 Å². The van der Waals surface area contributed by atoms with Crippen LogP contribution in [0.15, 0.2) is 30.3 Å². The number of piperidine rings is 1. The standard InChI is InChI=1S/C16H25NO2/c1-16(13-19,15-5-3-2-4-6-15)12-17-9-7-14(11-18)8-10-17/h2-6,14,18-19H,7-13H2,1H3. The van der Waals surface area contributed by atoms with Gasteiger partial charge in [0.1, 0.15) is 0 Å². The summed E-state index contributed by atoms with van der Waals surface area (Å²) < 4.78 is 0. The van der Waals surface area contributed by atoms with Gasteiger partial charge >= 0.3 is 0 Å². The first-order chi connectivity index (χ1) is 9.18. The Morgan fingerprint density at radius 1 is 1.16 bits per heavy atom. The van der Waals surface area contributed by atoms with Crippen LogP contribution < -0.4 is 0 Å². The van der Waals surface area contributed by atoms with Crippen molar-refractivity contribution in [2.45, 2.75) is 25.2 Å². The van der Waals surface area contributed by atoms with Crippen LogP contribution in [0.4, 0.5) is 0 Å². The number of aliphatic hydroxyl groups is 2. The predicted octanol–water partition coefficient (Wildman–Crippen LogP) is 1.64. The largest absolute Gasteiger partial charge is 0.396 e. The van der Waals surface area contributed by atoms with E-state index in [0.717, 1.165) is 32.5 Å². The number of nitrogens with zero attached hydrogens (tertiary/aromatic N) is 1. The fraction of sp³-hybridized carbons (Fsp3) is 0.625. The van der Waals surface area contributed by atoms with Crippen molar-refractivity contribution in [3.8, 4) is 0 Å². The molecule has 1 aromatic rings. The Morgan fingerprint density at radius 3 is 2.32 bits per heavy atom. The fourth-order valence-electron chi connectivity index (χ4n) is 2.89. The quantitative estimate of drug-likeness (QED) is 0.849. The lowest BCUT2D eigenvalue weighted by Gasteiger charge is -2.38. The van der Waals surface area contributed by atoms with Gasteiger partial charge in [-0.05, 0) is 37.4 Å². The van der Waals surface area contributed by atoms with Gasteiger partial charge in [0.15, 0.2) is 0 Å². The molecule has 106 valence electrons. The van der Waals surface area contributed by atoms with Crippen LogP contribution in [0.1, 0.15) is 25.3 Å². The molecule has 0 spiro atoms. The van der Waals surface area contributed by atoms with Gasteiger partial charge in [-0.1, -0.05) is 37.3 Å². The van der Waals surface area contributed by atoms with Gasteiger partial charge in [0.25, 0.3) is 0 Å². The van der Waals surface area contributed by atoms with Crippen molar-refractivity contribution in [2.24, 2.45) is 5.92 Å². The third kappa shape index (κ3) is 3.56. The maximum atomic E-state index is 9.80. The van der Waals surface area contributed by atoms with E-state index in [4.69, 9.17) is 0 Å². The van der Waals surface area contributed by atoms with Crippen molar-refractivity contribution in [3.05, 3.63) is 35.9 Å². The van der Waals surface area contributed by atoms with E-state index in [-0.39, 0.29) is 12.0 Å². The van der Waals surface area contributed by atoms with Crippen molar-refractivity contribution >= 4 is 0 Å². The molecule has 1 fully saturated rings. The van der Waals surface area contributed by atoms with E-state index in [1.165, 1.54) is 5.56 Å². The highest BCUT2D eigenvalue weighted by molar-refractivity contribution is 5.25. The molecule has 1 aliphatic rings. The molecule has 1 aliphatic heterocycles. The third-order valence-electron chi connectivity index (χ3n) is 4.36. The highest BCUT2D eigenvalue weighted by Crippen LogP contribution is 2.26. The number of hydrogen-bond acceptors (Lipinski definition) is 3. The number of likely N-dealkylation sites (tertiary alicyclic amines) is 1. The fourth-order valence-corrected chi connectivity index (χ4v) is 2.89. The van der Waals surface area contributed by atoms with Gasteiger partial charge in [0.2, 0.25) is 0 Å². The molecule has 0 bridgehead atoms. The molecule has 0 aliphatic carbocycles. The third-order valence-corrected chi connectivity index (χ3v) is 4.36. The molecule has 1 aromatic carbocycles. The second-order valence-corrected chi connectivity index (χ2v) is 5.99. The molecular weight excluding hydrogens is 238 g/mol. The number of aliphatic hydroxyl groups excluding tert-OH is 2. The van der Waals surface area contributed by atoms with Crippen LogP contribution in [0.2, 0.25) is 0 Å². The average molecular weight is 263 g/mol. The summed E-state index contributed by atoms with van der Waals surface area (Å²) in [5, 5.41) is 19.0. The molecule has 1 unspecified atom stereocenters. The molecule has 1 saturated heterocycles. The minimum absolute atomic E-state index is 0.164. The van der Waals surface area contributed by atoms with Gasteiger partial charge in [0.05, 0.1) is 6.61 Å². The maximum Gasteiger partial charge on any atom is 0.0537 e. The monoisotopic (exact) mass is 263 g/mol. The number of rotatable bonds is 5. The number of benzene rings is 1. The van der Waals surface area contributed by atoms with Crippen LogP contribution >= 0.6 is 0 Å². The Balaban J connectivity index is 2.00. The summed E-state index contributed by atoms with van der Waals surface area (Å²) in [6.07, 6.45) is 2.12. The van der Waals surface area contributed by atoms with Crippen molar-refractivity contribution in [1.82, 2.24) is 4.90 Å². The topological polar surface area (TPSA) is 43.7 Å². The normalized spacial score (nSPS) is 21.2. The van der Waals surface area contributed by atoms with E-state index in [2.05, 4.69) is 24.0 Å². The first kappa shape index (κ1) is 14.5. The Bertz CT molecular complexity index is 374. The SMILES string of the molecule is CC(CO)(CN1CCC(CO)CC1)c1ccccc1. The zero-order valence-electron chi connectivity index (χ0n) is 11.8. The van der Waals surface area contributed by atoms with Crippen molar-refractivity contribution in [3.63, 3.8) is 0 Å². The summed E-state index contributed by atoms with van der Waals surface area (Å²) in [6.45, 7) is 5.52. The molecule has 0 radical (unpaired) electrons. The second-order valence-electron chi connectivity index (χ2n) is 5.99. The predicted molar refractivity (Wildman–Crippen MR) is 77.1 cm³/mol. The molecule has 3 nitrogen and oxygen atoms in total. The van der Waals surface area contributed by atoms with Crippen LogP contribution in [0, 0.1) is 5.92 Å². The lowest BCUT2D eigenvalue weighted by molar-refractivity contribution is 0.0944. The number of hydrogen-bond donors (Lipinski definition) is 2.